The zero-order valence-electron chi connectivity index (χ0n) is 13.1. The number of sulfone groups is 1. The minimum absolute atomic E-state index is 0.0370. The molecule has 8 nitrogen and oxygen atoms in total. The molecule has 1 N–H and O–H groups in total. The van der Waals surface area contributed by atoms with Crippen molar-refractivity contribution in [2.45, 2.75) is 25.5 Å². The molecule has 0 aliphatic carbocycles. The van der Waals surface area contributed by atoms with Crippen LogP contribution in [0, 0.1) is 5.82 Å². The van der Waals surface area contributed by atoms with Gasteiger partial charge in [0.15, 0.2) is 15.7 Å². The van der Waals surface area contributed by atoms with Gasteiger partial charge in [0.1, 0.15) is 30.5 Å². The number of nitrogens with zero attached hydrogens (tertiary/aromatic N) is 3. The molecule has 25 heavy (non-hydrogen) atoms. The summed E-state index contributed by atoms with van der Waals surface area (Å²) in [6.07, 6.45) is 0.388. The summed E-state index contributed by atoms with van der Waals surface area (Å²) in [4.78, 5) is 15.3. The minimum atomic E-state index is -3.13. The van der Waals surface area contributed by atoms with E-state index in [0.717, 1.165) is 0 Å². The molecule has 1 saturated heterocycles. The van der Waals surface area contributed by atoms with Crippen molar-refractivity contribution in [1.29, 1.82) is 0 Å². The highest BCUT2D eigenvalue weighted by atomic mass is 32.2. The van der Waals surface area contributed by atoms with Crippen LogP contribution in [0.5, 0.6) is 5.75 Å². The molecule has 0 amide bonds. The number of benzene rings is 1. The molecule has 0 radical (unpaired) electrons. The average molecular weight is 369 g/mol. The van der Waals surface area contributed by atoms with Crippen LogP contribution in [0.25, 0.3) is 0 Å². The second kappa shape index (κ2) is 6.79. The van der Waals surface area contributed by atoms with E-state index >= 15 is 0 Å². The van der Waals surface area contributed by atoms with Gasteiger partial charge < -0.3 is 9.84 Å². The molecule has 10 heteroatoms. The Labute approximate surface area is 143 Å². The first-order valence-corrected chi connectivity index (χ1v) is 9.39. The van der Waals surface area contributed by atoms with Crippen molar-refractivity contribution in [3.8, 4) is 5.75 Å². The molecule has 1 aliphatic heterocycles. The summed E-state index contributed by atoms with van der Waals surface area (Å²) in [6, 6.07) is 5.41. The SMILES string of the molecule is O=C(O)Cn1nc(COc2ccc(F)cc2)nc1C1CCS(=O)(=O)C1. The van der Waals surface area contributed by atoms with Crippen LogP contribution in [0.4, 0.5) is 4.39 Å². The Morgan fingerprint density at radius 1 is 1.36 bits per heavy atom. The van der Waals surface area contributed by atoms with Gasteiger partial charge in [-0.05, 0) is 30.7 Å². The second-order valence-electron chi connectivity index (χ2n) is 5.78. The Hall–Kier alpha value is -2.49. The maximum atomic E-state index is 12.9. The van der Waals surface area contributed by atoms with Gasteiger partial charge in [-0.1, -0.05) is 0 Å². The van der Waals surface area contributed by atoms with Crippen LogP contribution >= 0.6 is 0 Å². The first kappa shape index (κ1) is 17.3. The van der Waals surface area contributed by atoms with Crippen molar-refractivity contribution >= 4 is 15.8 Å². The number of rotatable bonds is 6. The Bertz CT molecular complexity index is 879. The molecule has 1 aliphatic rings. The lowest BCUT2D eigenvalue weighted by molar-refractivity contribution is -0.137. The lowest BCUT2D eigenvalue weighted by Gasteiger charge is -2.07. The molecule has 0 bridgehead atoms. The number of ether oxygens (including phenoxy) is 1. The van der Waals surface area contributed by atoms with Crippen LogP contribution in [0.1, 0.15) is 24.0 Å². The van der Waals surface area contributed by atoms with Crippen LogP contribution in [-0.2, 0) is 27.8 Å². The monoisotopic (exact) mass is 369 g/mol. The van der Waals surface area contributed by atoms with E-state index in [9.17, 15) is 17.6 Å². The summed E-state index contributed by atoms with van der Waals surface area (Å²) >= 11 is 0. The minimum Gasteiger partial charge on any atom is -0.486 e. The number of carboxylic acids is 1. The van der Waals surface area contributed by atoms with Gasteiger partial charge in [-0.2, -0.15) is 5.10 Å². The van der Waals surface area contributed by atoms with Crippen molar-refractivity contribution < 1.29 is 27.4 Å². The van der Waals surface area contributed by atoms with Gasteiger partial charge in [0.2, 0.25) is 0 Å². The average Bonchev–Trinajstić information content (AvgIpc) is 3.09. The van der Waals surface area contributed by atoms with Gasteiger partial charge in [-0.15, -0.1) is 0 Å². The van der Waals surface area contributed by atoms with Crippen molar-refractivity contribution in [2.24, 2.45) is 0 Å². The van der Waals surface area contributed by atoms with Crippen LogP contribution in [0.15, 0.2) is 24.3 Å². The zero-order chi connectivity index (χ0) is 18.0. The number of aromatic nitrogens is 3. The molecule has 1 fully saturated rings. The van der Waals surface area contributed by atoms with Gasteiger partial charge >= 0.3 is 5.97 Å². The third-order valence-electron chi connectivity index (χ3n) is 3.81. The van der Waals surface area contributed by atoms with Crippen molar-refractivity contribution in [3.05, 3.63) is 41.7 Å². The third-order valence-corrected chi connectivity index (χ3v) is 5.58. The molecule has 2 aromatic rings. The molecule has 1 aromatic carbocycles. The van der Waals surface area contributed by atoms with Gasteiger partial charge in [0, 0.05) is 5.92 Å². The fourth-order valence-corrected chi connectivity index (χ4v) is 4.43. The summed E-state index contributed by atoms with van der Waals surface area (Å²) in [5, 5.41) is 13.1. The summed E-state index contributed by atoms with van der Waals surface area (Å²) < 4.78 is 42.9. The van der Waals surface area contributed by atoms with Gasteiger partial charge in [0.25, 0.3) is 0 Å². The van der Waals surface area contributed by atoms with E-state index in [4.69, 9.17) is 9.84 Å². The number of hydrogen-bond donors (Lipinski definition) is 1. The highest BCUT2D eigenvalue weighted by molar-refractivity contribution is 7.91. The molecule has 1 atom stereocenters. The second-order valence-corrected chi connectivity index (χ2v) is 8.01. The Balaban J connectivity index is 1.78. The molecular formula is C15H16FN3O5S. The number of carboxylic acid groups (broad SMARTS) is 1. The molecule has 1 aromatic heterocycles. The lowest BCUT2D eigenvalue weighted by Crippen LogP contribution is -2.16. The standard InChI is InChI=1S/C15H16FN3O5S/c16-11-1-3-12(4-2-11)24-8-13-17-15(19(18-13)7-14(20)21)10-5-6-25(22,23)9-10/h1-4,10H,5-9H2,(H,20,21). The van der Waals surface area contributed by atoms with Crippen molar-refractivity contribution in [3.63, 3.8) is 0 Å². The summed E-state index contributed by atoms with van der Waals surface area (Å²) in [7, 11) is -3.13. The predicted octanol–water partition coefficient (Wildman–Crippen LogP) is 0.983. The van der Waals surface area contributed by atoms with E-state index in [2.05, 4.69) is 10.1 Å². The maximum Gasteiger partial charge on any atom is 0.325 e. The highest BCUT2D eigenvalue weighted by Gasteiger charge is 2.33. The van der Waals surface area contributed by atoms with E-state index in [1.807, 2.05) is 0 Å². The van der Waals surface area contributed by atoms with Gasteiger partial charge in [0.05, 0.1) is 11.5 Å². The fourth-order valence-electron chi connectivity index (χ4n) is 2.69. The van der Waals surface area contributed by atoms with E-state index in [1.54, 1.807) is 0 Å². The number of hydrogen-bond acceptors (Lipinski definition) is 6. The molecule has 134 valence electrons. The molecule has 0 spiro atoms. The van der Waals surface area contributed by atoms with Crippen molar-refractivity contribution in [1.82, 2.24) is 14.8 Å². The van der Waals surface area contributed by atoms with Gasteiger partial charge in [-0.25, -0.2) is 22.5 Å². The van der Waals surface area contributed by atoms with E-state index in [-0.39, 0.29) is 35.7 Å². The van der Waals surface area contributed by atoms with Crippen molar-refractivity contribution in [2.75, 3.05) is 11.5 Å². The third kappa shape index (κ3) is 4.32. The Morgan fingerprint density at radius 2 is 2.08 bits per heavy atom. The number of halogens is 1. The first-order valence-electron chi connectivity index (χ1n) is 7.56. The lowest BCUT2D eigenvalue weighted by atomic mass is 10.1. The maximum absolute atomic E-state index is 12.9. The smallest absolute Gasteiger partial charge is 0.325 e. The van der Waals surface area contributed by atoms with Crippen LogP contribution in [0.2, 0.25) is 0 Å². The van der Waals surface area contributed by atoms with Crippen LogP contribution in [0.3, 0.4) is 0 Å². The summed E-state index contributed by atoms with van der Waals surface area (Å²) in [5.74, 6) is -0.884. The number of aliphatic carboxylic acids is 1. The molecule has 2 heterocycles. The van der Waals surface area contributed by atoms with E-state index in [0.29, 0.717) is 18.0 Å². The zero-order valence-corrected chi connectivity index (χ0v) is 13.9. The molecule has 3 rings (SSSR count). The first-order chi connectivity index (χ1) is 11.8. The van der Waals surface area contributed by atoms with Crippen LogP contribution in [-0.4, -0.2) is 45.8 Å². The Morgan fingerprint density at radius 3 is 2.68 bits per heavy atom. The number of carbonyl (C=O) groups is 1. The molecule has 1 unspecified atom stereocenters. The topological polar surface area (TPSA) is 111 Å². The Kier molecular flexibility index (Phi) is 4.71. The highest BCUT2D eigenvalue weighted by Crippen LogP contribution is 2.28. The van der Waals surface area contributed by atoms with E-state index < -0.39 is 22.4 Å². The predicted molar refractivity (Wildman–Crippen MR) is 84.4 cm³/mol. The summed E-state index contributed by atoms with van der Waals surface area (Å²) in [5.41, 5.74) is 0. The largest absolute Gasteiger partial charge is 0.486 e. The van der Waals surface area contributed by atoms with Gasteiger partial charge in [-0.3, -0.25) is 4.79 Å². The van der Waals surface area contributed by atoms with Crippen LogP contribution < -0.4 is 4.74 Å². The quantitative estimate of drug-likeness (QED) is 0.808. The molecular weight excluding hydrogens is 353 g/mol. The molecule has 0 saturated carbocycles. The summed E-state index contributed by atoms with van der Waals surface area (Å²) in [6.45, 7) is -0.444. The fraction of sp³-hybridized carbons (Fsp3) is 0.400. The normalized spacial score (nSPS) is 19.0. The van der Waals surface area contributed by atoms with E-state index in [1.165, 1.54) is 28.9 Å².